The first-order chi connectivity index (χ1) is 10.1. The lowest BCUT2D eigenvalue weighted by atomic mass is 10.2. The van der Waals surface area contributed by atoms with E-state index in [9.17, 15) is 9.59 Å². The first-order valence-electron chi connectivity index (χ1n) is 5.69. The van der Waals surface area contributed by atoms with Gasteiger partial charge in [-0.15, -0.1) is 10.2 Å². The van der Waals surface area contributed by atoms with Crippen LogP contribution in [-0.4, -0.2) is 34.9 Å². The van der Waals surface area contributed by atoms with Crippen molar-refractivity contribution in [3.63, 3.8) is 0 Å². The standard InChI is InChI=1S/C12H10BrN3O3S2/c1-19-9(17)6-20-12-16-15-11(21-12)14-10(18)7-4-2-3-5-8(7)13/h2-5H,6H2,1H3,(H,14,15,18). The highest BCUT2D eigenvalue weighted by Crippen LogP contribution is 2.26. The SMILES string of the molecule is COC(=O)CSc1nnc(NC(=O)c2ccccc2Br)s1. The van der Waals surface area contributed by atoms with E-state index in [0.29, 0.717) is 19.5 Å². The highest BCUT2D eigenvalue weighted by atomic mass is 79.9. The van der Waals surface area contributed by atoms with Crippen molar-refractivity contribution >= 4 is 56.0 Å². The Kier molecular flexibility index (Phi) is 5.71. The number of nitrogens with one attached hydrogen (secondary N) is 1. The number of carbonyl (C=O) groups is 2. The normalized spacial score (nSPS) is 10.2. The lowest BCUT2D eigenvalue weighted by molar-refractivity contribution is -0.137. The molecule has 0 saturated carbocycles. The predicted octanol–water partition coefficient (Wildman–Crippen LogP) is 2.82. The second kappa shape index (κ2) is 7.53. The zero-order valence-electron chi connectivity index (χ0n) is 10.8. The number of hydrogen-bond donors (Lipinski definition) is 1. The molecule has 6 nitrogen and oxygen atoms in total. The molecule has 9 heteroatoms. The van der Waals surface area contributed by atoms with Gasteiger partial charge in [-0.3, -0.25) is 14.9 Å². The van der Waals surface area contributed by atoms with Crippen LogP contribution in [0.3, 0.4) is 0 Å². The summed E-state index contributed by atoms with van der Waals surface area (Å²) in [5, 5.41) is 10.8. The molecule has 0 aliphatic rings. The Hall–Kier alpha value is -1.45. The van der Waals surface area contributed by atoms with Crippen molar-refractivity contribution in [3.05, 3.63) is 34.3 Å². The van der Waals surface area contributed by atoms with Gasteiger partial charge in [0, 0.05) is 4.47 Å². The molecule has 0 unspecified atom stereocenters. The number of halogens is 1. The van der Waals surface area contributed by atoms with Gasteiger partial charge in [-0.1, -0.05) is 35.2 Å². The van der Waals surface area contributed by atoms with Crippen LogP contribution >= 0.6 is 39.0 Å². The molecule has 2 rings (SSSR count). The van der Waals surface area contributed by atoms with Crippen molar-refractivity contribution in [2.24, 2.45) is 0 Å². The van der Waals surface area contributed by atoms with E-state index >= 15 is 0 Å². The summed E-state index contributed by atoms with van der Waals surface area (Å²) >= 11 is 5.72. The predicted molar refractivity (Wildman–Crippen MR) is 84.7 cm³/mol. The van der Waals surface area contributed by atoms with Gasteiger partial charge < -0.3 is 4.74 Å². The molecule has 0 bridgehead atoms. The summed E-state index contributed by atoms with van der Waals surface area (Å²) in [6.45, 7) is 0. The van der Waals surface area contributed by atoms with Gasteiger partial charge in [0.2, 0.25) is 5.13 Å². The third-order valence-corrected chi connectivity index (χ3v) is 4.92. The number of anilines is 1. The Bertz CT molecular complexity index is 663. The number of rotatable bonds is 5. The maximum Gasteiger partial charge on any atom is 0.316 e. The van der Waals surface area contributed by atoms with Crippen LogP contribution in [0.4, 0.5) is 5.13 Å². The zero-order valence-corrected chi connectivity index (χ0v) is 14.0. The monoisotopic (exact) mass is 387 g/mol. The minimum absolute atomic E-state index is 0.156. The fraction of sp³-hybridized carbons (Fsp3) is 0.167. The van der Waals surface area contributed by atoms with Gasteiger partial charge >= 0.3 is 5.97 Å². The number of esters is 1. The minimum atomic E-state index is -0.339. The summed E-state index contributed by atoms with van der Waals surface area (Å²) < 4.78 is 5.82. The summed E-state index contributed by atoms with van der Waals surface area (Å²) in [6, 6.07) is 7.09. The molecule has 0 radical (unpaired) electrons. The molecule has 0 aliphatic heterocycles. The maximum absolute atomic E-state index is 12.1. The van der Waals surface area contributed by atoms with E-state index in [0.717, 1.165) is 0 Å². The van der Waals surface area contributed by atoms with Gasteiger partial charge in [-0.25, -0.2) is 0 Å². The maximum atomic E-state index is 12.1. The Morgan fingerprint density at radius 1 is 1.38 bits per heavy atom. The van der Waals surface area contributed by atoms with Crippen LogP contribution in [0.5, 0.6) is 0 Å². The zero-order chi connectivity index (χ0) is 15.2. The number of aromatic nitrogens is 2. The molecule has 110 valence electrons. The van der Waals surface area contributed by atoms with Crippen molar-refractivity contribution in [1.29, 1.82) is 0 Å². The summed E-state index contributed by atoms with van der Waals surface area (Å²) in [6.07, 6.45) is 0. The molecular formula is C12H10BrN3O3S2. The van der Waals surface area contributed by atoms with E-state index in [1.54, 1.807) is 18.2 Å². The highest BCUT2D eigenvalue weighted by molar-refractivity contribution is 9.10. The lowest BCUT2D eigenvalue weighted by Crippen LogP contribution is -2.12. The molecule has 1 N–H and O–H groups in total. The van der Waals surface area contributed by atoms with Crippen LogP contribution in [0.1, 0.15) is 10.4 Å². The third-order valence-electron chi connectivity index (χ3n) is 2.29. The molecule has 0 aliphatic carbocycles. The Morgan fingerprint density at radius 2 is 2.14 bits per heavy atom. The van der Waals surface area contributed by atoms with Gasteiger partial charge in [0.25, 0.3) is 5.91 Å². The summed E-state index contributed by atoms with van der Waals surface area (Å²) in [4.78, 5) is 23.1. The molecule has 21 heavy (non-hydrogen) atoms. The first-order valence-corrected chi connectivity index (χ1v) is 8.28. The molecule has 0 saturated heterocycles. The van der Waals surface area contributed by atoms with Crippen LogP contribution in [0.2, 0.25) is 0 Å². The van der Waals surface area contributed by atoms with Crippen LogP contribution in [0, 0.1) is 0 Å². The van der Waals surface area contributed by atoms with E-state index < -0.39 is 0 Å². The number of benzene rings is 1. The lowest BCUT2D eigenvalue weighted by Gasteiger charge is -2.02. The number of ether oxygens (including phenoxy) is 1. The van der Waals surface area contributed by atoms with Gasteiger partial charge in [-0.2, -0.15) is 0 Å². The molecule has 1 aromatic heterocycles. The molecule has 0 atom stereocenters. The van der Waals surface area contributed by atoms with Gasteiger partial charge in [0.1, 0.15) is 0 Å². The second-order valence-corrected chi connectivity index (χ2v) is 6.73. The number of methoxy groups -OCH3 is 1. The van der Waals surface area contributed by atoms with Gasteiger partial charge in [0.05, 0.1) is 18.4 Å². The van der Waals surface area contributed by atoms with Gasteiger partial charge in [0.15, 0.2) is 4.34 Å². The number of thioether (sulfide) groups is 1. The van der Waals surface area contributed by atoms with Crippen LogP contribution < -0.4 is 5.32 Å². The molecule has 1 heterocycles. The van der Waals surface area contributed by atoms with E-state index in [-0.39, 0.29) is 17.6 Å². The number of hydrogen-bond acceptors (Lipinski definition) is 7. The first kappa shape index (κ1) is 15.9. The fourth-order valence-corrected chi connectivity index (χ4v) is 3.35. The van der Waals surface area contributed by atoms with Crippen molar-refractivity contribution in [2.45, 2.75) is 4.34 Å². The van der Waals surface area contributed by atoms with Crippen LogP contribution in [-0.2, 0) is 9.53 Å². The van der Waals surface area contributed by atoms with Crippen molar-refractivity contribution < 1.29 is 14.3 Å². The van der Waals surface area contributed by atoms with Crippen molar-refractivity contribution in [2.75, 3.05) is 18.2 Å². The van der Waals surface area contributed by atoms with Crippen LogP contribution in [0.25, 0.3) is 0 Å². The Balaban J connectivity index is 1.98. The third kappa shape index (κ3) is 4.51. The minimum Gasteiger partial charge on any atom is -0.468 e. The van der Waals surface area contributed by atoms with E-state index in [2.05, 4.69) is 36.2 Å². The average molecular weight is 388 g/mol. The van der Waals surface area contributed by atoms with Crippen molar-refractivity contribution in [1.82, 2.24) is 10.2 Å². The number of carbonyl (C=O) groups excluding carboxylic acids is 2. The largest absolute Gasteiger partial charge is 0.468 e. The number of nitrogens with zero attached hydrogens (tertiary/aromatic N) is 2. The quantitative estimate of drug-likeness (QED) is 0.482. The van der Waals surface area contributed by atoms with Gasteiger partial charge in [-0.05, 0) is 28.1 Å². The number of amides is 1. The van der Waals surface area contributed by atoms with E-state index in [1.807, 2.05) is 6.07 Å². The topological polar surface area (TPSA) is 81.2 Å². The average Bonchev–Trinajstić information content (AvgIpc) is 2.92. The fourth-order valence-electron chi connectivity index (χ4n) is 1.31. The molecule has 1 aromatic carbocycles. The molecular weight excluding hydrogens is 378 g/mol. The van der Waals surface area contributed by atoms with Crippen molar-refractivity contribution in [3.8, 4) is 0 Å². The second-order valence-electron chi connectivity index (χ2n) is 3.67. The molecule has 2 aromatic rings. The summed E-state index contributed by atoms with van der Waals surface area (Å²) in [5.41, 5.74) is 0.511. The summed E-state index contributed by atoms with van der Waals surface area (Å²) in [5.74, 6) is -0.458. The Morgan fingerprint density at radius 3 is 2.86 bits per heavy atom. The van der Waals surface area contributed by atoms with E-state index in [4.69, 9.17) is 0 Å². The molecule has 0 spiro atoms. The summed E-state index contributed by atoms with van der Waals surface area (Å²) in [7, 11) is 1.33. The Labute approximate surface area is 137 Å². The molecule has 0 fully saturated rings. The van der Waals surface area contributed by atoms with E-state index in [1.165, 1.54) is 30.2 Å². The highest BCUT2D eigenvalue weighted by Gasteiger charge is 2.13. The van der Waals surface area contributed by atoms with Crippen LogP contribution in [0.15, 0.2) is 33.1 Å². The smallest absolute Gasteiger partial charge is 0.316 e. The molecule has 1 amide bonds.